The molecule has 0 unspecified atom stereocenters. The van der Waals surface area contributed by atoms with Crippen LogP contribution in [0.25, 0.3) is 6.08 Å². The zero-order chi connectivity index (χ0) is 24.3. The van der Waals surface area contributed by atoms with Crippen LogP contribution in [0.1, 0.15) is 77.7 Å². The molecule has 0 aliphatic carbocycles. The maximum Gasteiger partial charge on any atom is 0.333 e. The van der Waals surface area contributed by atoms with Crippen molar-refractivity contribution in [3.8, 4) is 11.5 Å². The van der Waals surface area contributed by atoms with Gasteiger partial charge in [-0.05, 0) is 56.9 Å². The molecule has 0 saturated heterocycles. The molecule has 0 radical (unpaired) electrons. The Balaban J connectivity index is 2.17. The molecule has 1 rings (SSSR count). The minimum absolute atomic E-state index is 0.315. The van der Waals surface area contributed by atoms with Crippen LogP contribution >= 0.6 is 0 Å². The molecule has 6 nitrogen and oxygen atoms in total. The van der Waals surface area contributed by atoms with E-state index in [0.717, 1.165) is 56.9 Å². The first-order valence-corrected chi connectivity index (χ1v) is 12.0. The summed E-state index contributed by atoms with van der Waals surface area (Å²) in [5.74, 6) is 0.729. The smallest absolute Gasteiger partial charge is 0.333 e. The zero-order valence-electron chi connectivity index (χ0n) is 20.5. The quantitative estimate of drug-likeness (QED) is 0.146. The van der Waals surface area contributed by atoms with Crippen molar-refractivity contribution in [2.24, 2.45) is 0 Å². The Kier molecular flexibility index (Phi) is 15.2. The second-order valence-electron chi connectivity index (χ2n) is 7.88. The minimum atomic E-state index is -0.343. The van der Waals surface area contributed by atoms with Gasteiger partial charge < -0.3 is 18.9 Å². The van der Waals surface area contributed by atoms with Crippen LogP contribution in [-0.4, -0.2) is 38.4 Å². The van der Waals surface area contributed by atoms with Crippen molar-refractivity contribution in [2.75, 3.05) is 26.4 Å². The van der Waals surface area contributed by atoms with Crippen LogP contribution in [0, 0.1) is 0 Å². The van der Waals surface area contributed by atoms with Crippen molar-refractivity contribution in [3.05, 3.63) is 42.0 Å². The van der Waals surface area contributed by atoms with Gasteiger partial charge in [-0.25, -0.2) is 9.59 Å². The van der Waals surface area contributed by atoms with Gasteiger partial charge in [0.25, 0.3) is 0 Å². The normalized spacial score (nSPS) is 10.8. The molecule has 0 spiro atoms. The van der Waals surface area contributed by atoms with Gasteiger partial charge in [0.2, 0.25) is 0 Å². The number of ether oxygens (including phenoxy) is 4. The summed E-state index contributed by atoms with van der Waals surface area (Å²) in [7, 11) is 0. The van der Waals surface area contributed by atoms with Crippen molar-refractivity contribution in [1.82, 2.24) is 0 Å². The molecule has 0 atom stereocenters. The van der Waals surface area contributed by atoms with E-state index in [1.54, 1.807) is 13.0 Å². The molecule has 0 aromatic heterocycles. The monoisotopic (exact) mass is 460 g/mol. The van der Waals surface area contributed by atoms with Crippen LogP contribution in [-0.2, 0) is 19.1 Å². The van der Waals surface area contributed by atoms with E-state index in [-0.39, 0.29) is 11.9 Å². The van der Waals surface area contributed by atoms with Gasteiger partial charge in [0.15, 0.2) is 11.5 Å². The van der Waals surface area contributed by atoms with Crippen LogP contribution in [0.2, 0.25) is 0 Å². The molecular weight excluding hydrogens is 420 g/mol. The average molecular weight is 461 g/mol. The molecule has 6 heteroatoms. The Morgan fingerprint density at radius 1 is 0.848 bits per heavy atom. The zero-order valence-corrected chi connectivity index (χ0v) is 20.5. The van der Waals surface area contributed by atoms with E-state index in [2.05, 4.69) is 6.58 Å². The first-order valence-electron chi connectivity index (χ1n) is 12.0. The maximum absolute atomic E-state index is 12.0. The summed E-state index contributed by atoms with van der Waals surface area (Å²) >= 11 is 0. The molecule has 0 aliphatic heterocycles. The molecule has 0 bridgehead atoms. The molecule has 0 N–H and O–H groups in total. The highest BCUT2D eigenvalue weighted by molar-refractivity contribution is 5.87. The molecule has 33 heavy (non-hydrogen) atoms. The fourth-order valence-corrected chi connectivity index (χ4v) is 2.99. The number of carbonyl (C=O) groups is 2. The molecule has 184 valence electrons. The molecular formula is C27H40O6. The standard InChI is InChI=1S/C27H40O6/c1-5-18-31-25-21-23(14-16-24(25)30-6-2)15-17-26(28)32-19-12-10-8-7-9-11-13-20-33-27(29)22(3)4/h14-17,21H,3,5-13,18-20H2,1-2,4H3/b17-15+. The Bertz CT molecular complexity index is 753. The third kappa shape index (κ3) is 13.4. The summed E-state index contributed by atoms with van der Waals surface area (Å²) in [6, 6.07) is 5.61. The predicted molar refractivity (Wildman–Crippen MR) is 131 cm³/mol. The fourth-order valence-electron chi connectivity index (χ4n) is 2.99. The highest BCUT2D eigenvalue weighted by atomic mass is 16.5. The van der Waals surface area contributed by atoms with Crippen molar-refractivity contribution in [2.45, 2.75) is 72.1 Å². The van der Waals surface area contributed by atoms with Gasteiger partial charge >= 0.3 is 11.9 Å². The second kappa shape index (κ2) is 17.8. The van der Waals surface area contributed by atoms with Crippen molar-refractivity contribution >= 4 is 18.0 Å². The average Bonchev–Trinajstić information content (AvgIpc) is 2.80. The third-order valence-electron chi connectivity index (χ3n) is 4.76. The lowest BCUT2D eigenvalue weighted by Gasteiger charge is -2.12. The lowest BCUT2D eigenvalue weighted by molar-refractivity contribution is -0.139. The number of carbonyl (C=O) groups excluding carboxylic acids is 2. The Morgan fingerprint density at radius 2 is 1.48 bits per heavy atom. The molecule has 0 amide bonds. The van der Waals surface area contributed by atoms with Gasteiger partial charge in [-0.15, -0.1) is 0 Å². The summed E-state index contributed by atoms with van der Waals surface area (Å²) in [6.07, 6.45) is 11.2. The SMILES string of the molecule is C=C(C)C(=O)OCCCCCCCCCOC(=O)/C=C/c1ccc(OCC)c(OCCC)c1. The van der Waals surface area contributed by atoms with Crippen LogP contribution in [0.3, 0.4) is 0 Å². The molecule has 0 saturated carbocycles. The summed E-state index contributed by atoms with van der Waals surface area (Å²) in [6.45, 7) is 11.2. The summed E-state index contributed by atoms with van der Waals surface area (Å²) < 4.78 is 21.7. The van der Waals surface area contributed by atoms with Crippen LogP contribution in [0.15, 0.2) is 36.4 Å². The summed E-state index contributed by atoms with van der Waals surface area (Å²) in [5.41, 5.74) is 1.30. The van der Waals surface area contributed by atoms with Gasteiger partial charge in [-0.1, -0.05) is 51.7 Å². The third-order valence-corrected chi connectivity index (χ3v) is 4.76. The molecule has 0 heterocycles. The largest absolute Gasteiger partial charge is 0.490 e. The van der Waals surface area contributed by atoms with Gasteiger partial charge in [0.1, 0.15) is 0 Å². The van der Waals surface area contributed by atoms with E-state index >= 15 is 0 Å². The van der Waals surface area contributed by atoms with Gasteiger partial charge in [-0.2, -0.15) is 0 Å². The van der Waals surface area contributed by atoms with Gasteiger partial charge in [0.05, 0.1) is 26.4 Å². The molecule has 0 aliphatic rings. The minimum Gasteiger partial charge on any atom is -0.490 e. The predicted octanol–water partition coefficient (Wildman–Crippen LogP) is 6.28. The number of hydrogen-bond acceptors (Lipinski definition) is 6. The number of rotatable bonds is 18. The highest BCUT2D eigenvalue weighted by Crippen LogP contribution is 2.29. The van der Waals surface area contributed by atoms with Crippen LogP contribution < -0.4 is 9.47 Å². The highest BCUT2D eigenvalue weighted by Gasteiger charge is 2.06. The van der Waals surface area contributed by atoms with E-state index in [4.69, 9.17) is 18.9 Å². The molecule has 1 aromatic carbocycles. The van der Waals surface area contributed by atoms with Gasteiger partial charge in [-0.3, -0.25) is 0 Å². The van der Waals surface area contributed by atoms with E-state index in [0.29, 0.717) is 43.5 Å². The first-order chi connectivity index (χ1) is 16.0. The lowest BCUT2D eigenvalue weighted by atomic mass is 10.1. The fraction of sp³-hybridized carbons (Fsp3) is 0.556. The summed E-state index contributed by atoms with van der Waals surface area (Å²) in [4.78, 5) is 23.2. The maximum atomic E-state index is 12.0. The Hall–Kier alpha value is -2.76. The van der Waals surface area contributed by atoms with Gasteiger partial charge in [0, 0.05) is 11.6 Å². The summed E-state index contributed by atoms with van der Waals surface area (Å²) in [5, 5.41) is 0. The van der Waals surface area contributed by atoms with Crippen molar-refractivity contribution in [3.63, 3.8) is 0 Å². The topological polar surface area (TPSA) is 71.1 Å². The lowest BCUT2D eigenvalue weighted by Crippen LogP contribution is -2.06. The number of esters is 2. The Labute approximate surface area is 198 Å². The van der Waals surface area contributed by atoms with E-state index in [1.807, 2.05) is 32.0 Å². The Morgan fingerprint density at radius 3 is 2.09 bits per heavy atom. The van der Waals surface area contributed by atoms with E-state index in [1.165, 1.54) is 6.08 Å². The molecule has 1 aromatic rings. The van der Waals surface area contributed by atoms with Crippen molar-refractivity contribution in [1.29, 1.82) is 0 Å². The number of unbranched alkanes of at least 4 members (excludes halogenated alkanes) is 6. The van der Waals surface area contributed by atoms with E-state index in [9.17, 15) is 9.59 Å². The van der Waals surface area contributed by atoms with Crippen molar-refractivity contribution < 1.29 is 28.5 Å². The number of hydrogen-bond donors (Lipinski definition) is 0. The second-order valence-corrected chi connectivity index (χ2v) is 7.88. The number of benzene rings is 1. The van der Waals surface area contributed by atoms with E-state index < -0.39 is 0 Å². The van der Waals surface area contributed by atoms with Crippen LogP contribution in [0.4, 0.5) is 0 Å². The molecule has 0 fully saturated rings. The first kappa shape index (κ1) is 28.3. The van der Waals surface area contributed by atoms with Crippen LogP contribution in [0.5, 0.6) is 11.5 Å².